The van der Waals surface area contributed by atoms with Crippen molar-refractivity contribution in [2.75, 3.05) is 20.3 Å². The molecule has 0 saturated carbocycles. The number of aryl methyl sites for hydroxylation is 1. The molecular formula is C20H34N2O4. The van der Waals surface area contributed by atoms with Gasteiger partial charge in [-0.2, -0.15) is 0 Å². The molecule has 0 radical (unpaired) electrons. The second-order valence-corrected chi connectivity index (χ2v) is 7.41. The Morgan fingerprint density at radius 3 is 2.69 bits per heavy atom. The second-order valence-electron chi connectivity index (χ2n) is 7.41. The maximum Gasteiger partial charge on any atom is 0.422 e. The maximum absolute atomic E-state index is 11.5. The third-order valence-corrected chi connectivity index (χ3v) is 3.78. The Hall–Kier alpha value is -1.63. The molecule has 1 unspecified atom stereocenters. The molecule has 26 heavy (non-hydrogen) atoms. The standard InChI is InChI=1S/C20H34N2O4/c1-20(2,3)26-19(24)22-21-13-12-18(23)17-11-8-10-16(15-17)9-6-5-7-14-25-4/h8,10-11,15,18,21,23H,5-7,9,12-14H2,1-4H3,(H,22,24). The highest BCUT2D eigenvalue weighted by atomic mass is 16.6. The molecule has 0 spiro atoms. The summed E-state index contributed by atoms with van der Waals surface area (Å²) < 4.78 is 10.2. The van der Waals surface area contributed by atoms with Gasteiger partial charge in [-0.25, -0.2) is 10.2 Å². The van der Waals surface area contributed by atoms with Crippen LogP contribution in [0.4, 0.5) is 4.79 Å². The van der Waals surface area contributed by atoms with Crippen LogP contribution in [0.15, 0.2) is 24.3 Å². The predicted molar refractivity (Wildman–Crippen MR) is 103 cm³/mol. The van der Waals surface area contributed by atoms with Crippen LogP contribution in [0.2, 0.25) is 0 Å². The molecule has 148 valence electrons. The molecule has 6 nitrogen and oxygen atoms in total. The van der Waals surface area contributed by atoms with E-state index in [-0.39, 0.29) is 0 Å². The second kappa shape index (κ2) is 11.9. The van der Waals surface area contributed by atoms with Crippen molar-refractivity contribution < 1.29 is 19.4 Å². The molecule has 6 heteroatoms. The molecule has 3 N–H and O–H groups in total. The molecule has 1 amide bonds. The number of aliphatic hydroxyl groups is 1. The van der Waals surface area contributed by atoms with Gasteiger partial charge in [-0.05, 0) is 57.6 Å². The lowest BCUT2D eigenvalue weighted by Gasteiger charge is -2.20. The summed E-state index contributed by atoms with van der Waals surface area (Å²) in [4.78, 5) is 11.5. The summed E-state index contributed by atoms with van der Waals surface area (Å²) in [6.07, 6.45) is 3.73. The monoisotopic (exact) mass is 366 g/mol. The molecule has 0 aromatic heterocycles. The number of benzene rings is 1. The number of carbonyl (C=O) groups excluding carboxylic acids is 1. The van der Waals surface area contributed by atoms with Crippen molar-refractivity contribution in [1.29, 1.82) is 0 Å². The Morgan fingerprint density at radius 2 is 2.00 bits per heavy atom. The Morgan fingerprint density at radius 1 is 1.23 bits per heavy atom. The molecule has 0 fully saturated rings. The molecule has 1 aromatic rings. The third-order valence-electron chi connectivity index (χ3n) is 3.78. The number of rotatable bonds is 11. The molecule has 0 bridgehead atoms. The summed E-state index contributed by atoms with van der Waals surface area (Å²) in [5, 5.41) is 10.3. The van der Waals surface area contributed by atoms with E-state index in [0.29, 0.717) is 13.0 Å². The van der Waals surface area contributed by atoms with Gasteiger partial charge in [-0.15, -0.1) is 0 Å². The summed E-state index contributed by atoms with van der Waals surface area (Å²) in [5.74, 6) is 0. The quantitative estimate of drug-likeness (QED) is 0.413. The Balaban J connectivity index is 2.30. The van der Waals surface area contributed by atoms with Gasteiger partial charge in [0.25, 0.3) is 0 Å². The summed E-state index contributed by atoms with van der Waals surface area (Å²) >= 11 is 0. The maximum atomic E-state index is 11.5. The minimum absolute atomic E-state index is 0.446. The van der Waals surface area contributed by atoms with E-state index in [1.807, 2.05) is 12.1 Å². The van der Waals surface area contributed by atoms with Crippen LogP contribution in [0.3, 0.4) is 0 Å². The summed E-state index contributed by atoms with van der Waals surface area (Å²) in [5.41, 5.74) is 6.85. The number of ether oxygens (including phenoxy) is 2. The first kappa shape index (κ1) is 22.4. The van der Waals surface area contributed by atoms with Crippen molar-refractivity contribution in [1.82, 2.24) is 10.9 Å². The van der Waals surface area contributed by atoms with E-state index in [9.17, 15) is 9.90 Å². The number of hydrazine groups is 1. The van der Waals surface area contributed by atoms with Gasteiger partial charge in [0.1, 0.15) is 5.60 Å². The smallest absolute Gasteiger partial charge is 0.422 e. The first-order valence-electron chi connectivity index (χ1n) is 9.29. The van der Waals surface area contributed by atoms with Gasteiger partial charge >= 0.3 is 6.09 Å². The van der Waals surface area contributed by atoms with Crippen LogP contribution < -0.4 is 10.9 Å². The van der Waals surface area contributed by atoms with E-state index >= 15 is 0 Å². The molecule has 0 aliphatic heterocycles. The van der Waals surface area contributed by atoms with Gasteiger partial charge in [0.2, 0.25) is 0 Å². The zero-order valence-corrected chi connectivity index (χ0v) is 16.5. The highest BCUT2D eigenvalue weighted by molar-refractivity contribution is 5.66. The predicted octanol–water partition coefficient (Wildman–Crippen LogP) is 3.50. The van der Waals surface area contributed by atoms with E-state index in [1.165, 1.54) is 5.56 Å². The van der Waals surface area contributed by atoms with Gasteiger partial charge in [-0.3, -0.25) is 5.43 Å². The van der Waals surface area contributed by atoms with E-state index in [1.54, 1.807) is 27.9 Å². The molecule has 1 aromatic carbocycles. The van der Waals surface area contributed by atoms with Crippen LogP contribution in [0, 0.1) is 0 Å². The normalized spacial score (nSPS) is 12.7. The number of hydrogen-bond donors (Lipinski definition) is 3. The van der Waals surface area contributed by atoms with E-state index in [4.69, 9.17) is 9.47 Å². The Bertz CT molecular complexity index is 529. The summed E-state index contributed by atoms with van der Waals surface area (Å²) in [6, 6.07) is 8.06. The molecule has 0 saturated heterocycles. The molecule has 1 rings (SSSR count). The molecule has 0 aliphatic rings. The van der Waals surface area contributed by atoms with Crippen molar-refractivity contribution in [2.45, 2.75) is 64.6 Å². The lowest BCUT2D eigenvalue weighted by molar-refractivity contribution is 0.0493. The third kappa shape index (κ3) is 10.4. The first-order chi connectivity index (χ1) is 12.3. The van der Waals surface area contributed by atoms with Crippen molar-refractivity contribution in [2.24, 2.45) is 0 Å². The minimum Gasteiger partial charge on any atom is -0.443 e. The van der Waals surface area contributed by atoms with E-state index in [0.717, 1.165) is 37.9 Å². The fourth-order valence-corrected chi connectivity index (χ4v) is 2.52. The number of carbonyl (C=O) groups is 1. The zero-order chi connectivity index (χ0) is 19.4. The largest absolute Gasteiger partial charge is 0.443 e. The van der Waals surface area contributed by atoms with Gasteiger partial charge < -0.3 is 14.6 Å². The van der Waals surface area contributed by atoms with Gasteiger partial charge in [0, 0.05) is 20.3 Å². The number of nitrogens with one attached hydrogen (secondary N) is 2. The van der Waals surface area contributed by atoms with Crippen LogP contribution in [-0.2, 0) is 15.9 Å². The number of methoxy groups -OCH3 is 1. The molecular weight excluding hydrogens is 332 g/mol. The number of aliphatic hydroxyl groups excluding tert-OH is 1. The van der Waals surface area contributed by atoms with Gasteiger partial charge in [0.15, 0.2) is 0 Å². The van der Waals surface area contributed by atoms with Crippen LogP contribution in [0.5, 0.6) is 0 Å². The zero-order valence-electron chi connectivity index (χ0n) is 16.5. The fourth-order valence-electron chi connectivity index (χ4n) is 2.52. The highest BCUT2D eigenvalue weighted by Crippen LogP contribution is 2.18. The number of unbranched alkanes of at least 4 members (excludes halogenated alkanes) is 2. The van der Waals surface area contributed by atoms with Crippen molar-refractivity contribution >= 4 is 6.09 Å². The number of hydrogen-bond acceptors (Lipinski definition) is 5. The van der Waals surface area contributed by atoms with E-state index < -0.39 is 17.8 Å². The van der Waals surface area contributed by atoms with Gasteiger partial charge in [-0.1, -0.05) is 30.7 Å². The first-order valence-corrected chi connectivity index (χ1v) is 9.29. The molecule has 1 atom stereocenters. The molecule has 0 aliphatic carbocycles. The average molecular weight is 367 g/mol. The van der Waals surface area contributed by atoms with Crippen LogP contribution in [-0.4, -0.2) is 37.1 Å². The summed E-state index contributed by atoms with van der Waals surface area (Å²) in [6.45, 7) is 6.67. The van der Waals surface area contributed by atoms with Crippen LogP contribution in [0.1, 0.15) is 63.7 Å². The SMILES string of the molecule is COCCCCCc1cccc(C(O)CCNNC(=O)OC(C)(C)C)c1. The Kier molecular flexibility index (Phi) is 10.2. The van der Waals surface area contributed by atoms with Crippen LogP contribution >= 0.6 is 0 Å². The summed E-state index contributed by atoms with van der Waals surface area (Å²) in [7, 11) is 1.72. The van der Waals surface area contributed by atoms with E-state index in [2.05, 4.69) is 23.0 Å². The molecule has 0 heterocycles. The lowest BCUT2D eigenvalue weighted by Crippen LogP contribution is -2.41. The highest BCUT2D eigenvalue weighted by Gasteiger charge is 2.15. The van der Waals surface area contributed by atoms with Crippen LogP contribution in [0.25, 0.3) is 0 Å². The lowest BCUT2D eigenvalue weighted by atomic mass is 10.0. The minimum atomic E-state index is -0.573. The Labute approximate surface area is 157 Å². The average Bonchev–Trinajstić information content (AvgIpc) is 2.57. The van der Waals surface area contributed by atoms with Gasteiger partial charge in [0.05, 0.1) is 6.10 Å². The topological polar surface area (TPSA) is 79.8 Å². The number of amides is 1. The van der Waals surface area contributed by atoms with Crippen molar-refractivity contribution in [3.05, 3.63) is 35.4 Å². The van der Waals surface area contributed by atoms with Crippen molar-refractivity contribution in [3.63, 3.8) is 0 Å². The fraction of sp³-hybridized carbons (Fsp3) is 0.650. The van der Waals surface area contributed by atoms with Crippen molar-refractivity contribution in [3.8, 4) is 0 Å².